The predicted octanol–water partition coefficient (Wildman–Crippen LogP) is 2.06. The van der Waals surface area contributed by atoms with Gasteiger partial charge in [-0.15, -0.1) is 0 Å². The van der Waals surface area contributed by atoms with Crippen LogP contribution < -0.4 is 5.32 Å². The van der Waals surface area contributed by atoms with Crippen molar-refractivity contribution in [2.45, 2.75) is 51.0 Å². The smallest absolute Gasteiger partial charge is 0.233 e. The minimum absolute atomic E-state index is 0.00443. The normalized spacial score (nSPS) is 34.0. The summed E-state index contributed by atoms with van der Waals surface area (Å²) < 4.78 is 5.53. The summed E-state index contributed by atoms with van der Waals surface area (Å²) in [4.78, 5) is 11.8. The molecule has 0 aromatic rings. The lowest BCUT2D eigenvalue weighted by atomic mass is 9.56. The minimum Gasteiger partial charge on any atom is -0.378 e. The van der Waals surface area contributed by atoms with Crippen LogP contribution in [-0.4, -0.2) is 36.2 Å². The van der Waals surface area contributed by atoms with E-state index in [1.807, 2.05) is 13.2 Å². The van der Waals surface area contributed by atoms with E-state index in [9.17, 15) is 4.79 Å². The van der Waals surface area contributed by atoms with Crippen molar-refractivity contribution in [3.63, 3.8) is 0 Å². The molecular weight excluding hydrogens is 222 g/mol. The van der Waals surface area contributed by atoms with Crippen molar-refractivity contribution < 1.29 is 9.53 Å². The Bertz CT molecular complexity index is 280. The van der Waals surface area contributed by atoms with E-state index in [0.29, 0.717) is 0 Å². The summed E-state index contributed by atoms with van der Waals surface area (Å²) in [6.45, 7) is 8.33. The number of carbonyl (C=O) groups excluding carboxylic acids is 1. The summed E-state index contributed by atoms with van der Waals surface area (Å²) >= 11 is 1.57. The van der Waals surface area contributed by atoms with Gasteiger partial charge in [-0.1, -0.05) is 13.8 Å². The largest absolute Gasteiger partial charge is 0.378 e. The van der Waals surface area contributed by atoms with Crippen molar-refractivity contribution in [2.75, 3.05) is 13.4 Å². The molecule has 1 N–H and O–H groups in total. The van der Waals surface area contributed by atoms with E-state index in [4.69, 9.17) is 4.74 Å². The van der Waals surface area contributed by atoms with Crippen molar-refractivity contribution in [2.24, 2.45) is 5.41 Å². The summed E-state index contributed by atoms with van der Waals surface area (Å²) in [6.07, 6.45) is 2.85. The Hall–Kier alpha value is -0.220. The Labute approximate surface area is 103 Å². The van der Waals surface area contributed by atoms with Gasteiger partial charge in [-0.2, -0.15) is 11.8 Å². The Morgan fingerprint density at radius 1 is 1.50 bits per heavy atom. The number of thioether (sulfide) groups is 1. The molecule has 0 saturated heterocycles. The molecule has 4 heteroatoms. The maximum absolute atomic E-state index is 11.8. The number of hydrogen-bond acceptors (Lipinski definition) is 3. The molecule has 0 aromatic carbocycles. The molecule has 1 saturated carbocycles. The summed E-state index contributed by atoms with van der Waals surface area (Å²) in [5.74, 6) is 0.128. The van der Waals surface area contributed by atoms with Crippen LogP contribution in [0.2, 0.25) is 0 Å². The quantitative estimate of drug-likeness (QED) is 0.824. The number of nitrogens with one attached hydrogen (secondary N) is 1. The van der Waals surface area contributed by atoms with Crippen LogP contribution in [0.1, 0.15) is 34.1 Å². The SMILES string of the molecule is CO[C@]1(C)C[C@@H](NC(=O)[C@@H](C)SC)C1(C)C. The highest BCUT2D eigenvalue weighted by Gasteiger charge is 2.58. The topological polar surface area (TPSA) is 38.3 Å². The highest BCUT2D eigenvalue weighted by Crippen LogP contribution is 2.51. The molecule has 0 spiro atoms. The van der Waals surface area contributed by atoms with Crippen LogP contribution in [0.25, 0.3) is 0 Å². The Kier molecular flexibility index (Phi) is 3.95. The molecule has 0 radical (unpaired) electrons. The molecular formula is C12H23NO2S. The molecule has 1 amide bonds. The molecule has 0 aromatic heterocycles. The standard InChI is InChI=1S/C12H23NO2S/c1-8(16-6)10(14)13-9-7-12(4,15-5)11(9,2)3/h8-9H,7H2,1-6H3,(H,13,14)/t8-,9-,12-/m1/s1. The molecule has 3 nitrogen and oxygen atoms in total. The van der Waals surface area contributed by atoms with Gasteiger partial charge >= 0.3 is 0 Å². The number of carbonyl (C=O) groups is 1. The van der Waals surface area contributed by atoms with E-state index in [-0.39, 0.29) is 28.2 Å². The van der Waals surface area contributed by atoms with Crippen molar-refractivity contribution in [3.8, 4) is 0 Å². The van der Waals surface area contributed by atoms with Gasteiger partial charge in [0.2, 0.25) is 5.91 Å². The zero-order valence-corrected chi connectivity index (χ0v) is 11.9. The van der Waals surface area contributed by atoms with Crippen molar-refractivity contribution in [1.29, 1.82) is 0 Å². The lowest BCUT2D eigenvalue weighted by Crippen LogP contribution is -2.69. The fraction of sp³-hybridized carbons (Fsp3) is 0.917. The molecule has 16 heavy (non-hydrogen) atoms. The number of rotatable bonds is 4. The Morgan fingerprint density at radius 3 is 2.44 bits per heavy atom. The maximum Gasteiger partial charge on any atom is 0.233 e. The van der Waals surface area contributed by atoms with Crippen LogP contribution in [0.4, 0.5) is 0 Å². The maximum atomic E-state index is 11.8. The molecule has 94 valence electrons. The fourth-order valence-corrected chi connectivity index (χ4v) is 2.40. The summed E-state index contributed by atoms with van der Waals surface area (Å²) in [6, 6.07) is 0.222. The molecule has 1 aliphatic carbocycles. The minimum atomic E-state index is -0.118. The molecule has 0 bridgehead atoms. The van der Waals surface area contributed by atoms with E-state index >= 15 is 0 Å². The first kappa shape index (κ1) is 13.8. The van der Waals surface area contributed by atoms with Gasteiger partial charge in [0.25, 0.3) is 0 Å². The van der Waals surface area contributed by atoms with Gasteiger partial charge in [-0.25, -0.2) is 0 Å². The van der Waals surface area contributed by atoms with Gasteiger partial charge in [0.1, 0.15) is 0 Å². The first-order valence-corrected chi connectivity index (χ1v) is 6.95. The average Bonchev–Trinajstić information content (AvgIpc) is 2.26. The fourth-order valence-electron chi connectivity index (χ4n) is 2.12. The van der Waals surface area contributed by atoms with Crippen LogP contribution in [-0.2, 0) is 9.53 Å². The highest BCUT2D eigenvalue weighted by molar-refractivity contribution is 7.99. The lowest BCUT2D eigenvalue weighted by molar-refractivity contribution is -0.182. The van der Waals surface area contributed by atoms with Crippen LogP contribution in [0.5, 0.6) is 0 Å². The number of ether oxygens (including phenoxy) is 1. The lowest BCUT2D eigenvalue weighted by Gasteiger charge is -2.59. The van der Waals surface area contributed by atoms with Crippen molar-refractivity contribution in [3.05, 3.63) is 0 Å². The van der Waals surface area contributed by atoms with Crippen LogP contribution in [0, 0.1) is 5.41 Å². The first-order chi connectivity index (χ1) is 7.28. The van der Waals surface area contributed by atoms with Gasteiger partial charge in [0.15, 0.2) is 0 Å². The van der Waals surface area contributed by atoms with E-state index in [0.717, 1.165) is 6.42 Å². The number of amides is 1. The molecule has 1 rings (SSSR count). The zero-order valence-electron chi connectivity index (χ0n) is 11.1. The van der Waals surface area contributed by atoms with Crippen molar-refractivity contribution >= 4 is 17.7 Å². The number of methoxy groups -OCH3 is 1. The average molecular weight is 245 g/mol. The number of hydrogen-bond donors (Lipinski definition) is 1. The monoisotopic (exact) mass is 245 g/mol. The Morgan fingerprint density at radius 2 is 2.06 bits per heavy atom. The summed E-state index contributed by atoms with van der Waals surface area (Å²) in [5.41, 5.74) is -0.122. The predicted molar refractivity (Wildman–Crippen MR) is 68.7 cm³/mol. The van der Waals surface area contributed by atoms with Crippen LogP contribution in [0.3, 0.4) is 0 Å². The van der Waals surface area contributed by atoms with Gasteiger partial charge in [0, 0.05) is 18.6 Å². The van der Waals surface area contributed by atoms with Gasteiger partial charge in [-0.3, -0.25) is 4.79 Å². The third kappa shape index (κ3) is 2.09. The second kappa shape index (κ2) is 4.57. The van der Waals surface area contributed by atoms with E-state index in [2.05, 4.69) is 26.1 Å². The van der Waals surface area contributed by atoms with Gasteiger partial charge in [-0.05, 0) is 26.5 Å². The van der Waals surface area contributed by atoms with E-state index in [1.165, 1.54) is 0 Å². The summed E-state index contributed by atoms with van der Waals surface area (Å²) in [5, 5.41) is 3.13. The molecule has 0 unspecified atom stereocenters. The zero-order chi connectivity index (χ0) is 12.6. The third-order valence-corrected chi connectivity index (χ3v) is 5.24. The highest BCUT2D eigenvalue weighted by atomic mass is 32.2. The van der Waals surface area contributed by atoms with E-state index < -0.39 is 0 Å². The molecule has 3 atom stereocenters. The second-order valence-electron chi connectivity index (χ2n) is 5.30. The van der Waals surface area contributed by atoms with Gasteiger partial charge < -0.3 is 10.1 Å². The molecule has 0 heterocycles. The van der Waals surface area contributed by atoms with Gasteiger partial charge in [0.05, 0.1) is 10.9 Å². The van der Waals surface area contributed by atoms with Crippen molar-refractivity contribution in [1.82, 2.24) is 5.32 Å². The van der Waals surface area contributed by atoms with E-state index in [1.54, 1.807) is 18.9 Å². The molecule has 1 fully saturated rings. The second-order valence-corrected chi connectivity index (χ2v) is 6.48. The Balaban J connectivity index is 2.58. The molecule has 1 aliphatic rings. The summed E-state index contributed by atoms with van der Waals surface area (Å²) in [7, 11) is 1.74. The molecule has 0 aliphatic heterocycles. The van der Waals surface area contributed by atoms with Crippen LogP contribution >= 0.6 is 11.8 Å². The van der Waals surface area contributed by atoms with Crippen LogP contribution in [0.15, 0.2) is 0 Å². The third-order valence-electron chi connectivity index (χ3n) is 4.32. The first-order valence-electron chi connectivity index (χ1n) is 5.67.